The number of hydrogen-bond donors (Lipinski definition) is 0. The van der Waals surface area contributed by atoms with Gasteiger partial charge in [-0.1, -0.05) is 6.08 Å². The van der Waals surface area contributed by atoms with Gasteiger partial charge >= 0.3 is 0 Å². The first-order valence-corrected chi connectivity index (χ1v) is 2.93. The third-order valence-corrected chi connectivity index (χ3v) is 1.57. The summed E-state index contributed by atoms with van der Waals surface area (Å²) in [7, 11) is 0. The minimum Gasteiger partial charge on any atom is -0.297 e. The molecule has 2 heteroatoms. The van der Waals surface area contributed by atoms with Crippen molar-refractivity contribution >= 4 is 18.0 Å². The standard InChI is InChI=1S/C5H6OS/c6-4-5-2-1-3-7-5/h1-4H,7H2/i7D. The summed E-state index contributed by atoms with van der Waals surface area (Å²) >= 11 is -0.966. The van der Waals surface area contributed by atoms with E-state index in [-0.39, 0.29) is 0 Å². The van der Waals surface area contributed by atoms with Crippen LogP contribution in [0.3, 0.4) is 0 Å². The van der Waals surface area contributed by atoms with Gasteiger partial charge in [0.1, 0.15) is 0 Å². The Balaban J connectivity index is 2.72. The Labute approximate surface area is 47.2 Å². The molecular formula is C5H6OS. The fourth-order valence-corrected chi connectivity index (χ4v) is 0.961. The van der Waals surface area contributed by atoms with E-state index in [1.807, 2.05) is 0 Å². The minimum atomic E-state index is -0.966. The van der Waals surface area contributed by atoms with E-state index >= 15 is 0 Å². The summed E-state index contributed by atoms with van der Waals surface area (Å²) in [5.74, 6) is 0. The third kappa shape index (κ3) is 0.933. The predicted octanol–water partition coefficient (Wildman–Crippen LogP) is 0.794. The van der Waals surface area contributed by atoms with E-state index < -0.39 is 11.7 Å². The van der Waals surface area contributed by atoms with Crippen molar-refractivity contribution in [2.24, 2.45) is 0 Å². The number of aldehydes is 1. The van der Waals surface area contributed by atoms with Crippen molar-refractivity contribution in [2.75, 3.05) is 0 Å². The largest absolute Gasteiger partial charge is 0.297 e. The molecule has 38 valence electrons. The second-order valence-corrected chi connectivity index (χ2v) is 2.25. The van der Waals surface area contributed by atoms with Gasteiger partial charge in [0.15, 0.2) is 6.29 Å². The first-order chi connectivity index (χ1) is 3.84. The van der Waals surface area contributed by atoms with Gasteiger partial charge in [0, 0.05) is 4.91 Å². The van der Waals surface area contributed by atoms with Crippen LogP contribution in [0.15, 0.2) is 22.5 Å². The van der Waals surface area contributed by atoms with Crippen LogP contribution in [0.2, 0.25) is 0 Å². The maximum atomic E-state index is 10.0. The van der Waals surface area contributed by atoms with Gasteiger partial charge < -0.3 is 0 Å². The monoisotopic (exact) mass is 115 g/mol. The van der Waals surface area contributed by atoms with E-state index in [4.69, 9.17) is 1.12 Å². The summed E-state index contributed by atoms with van der Waals surface area (Å²) in [4.78, 5) is 10.6. The lowest BCUT2D eigenvalue weighted by molar-refractivity contribution is -0.104. The van der Waals surface area contributed by atoms with E-state index in [2.05, 4.69) is 0 Å². The first-order valence-electron chi connectivity index (χ1n) is 2.41. The highest BCUT2D eigenvalue weighted by molar-refractivity contribution is 8.06. The smallest absolute Gasteiger partial charge is 0.154 e. The zero-order valence-electron chi connectivity index (χ0n) is 4.66. The van der Waals surface area contributed by atoms with Crippen LogP contribution in [0.25, 0.3) is 0 Å². The van der Waals surface area contributed by atoms with Gasteiger partial charge in [-0.2, -0.15) is 0 Å². The SMILES string of the molecule is [2H][SH]1C=CC=C1C=O. The number of allylic oxidation sites excluding steroid dienone is 3. The third-order valence-electron chi connectivity index (χ3n) is 0.697. The summed E-state index contributed by atoms with van der Waals surface area (Å²) in [5, 5.41) is 1.74. The van der Waals surface area contributed by atoms with Crippen LogP contribution >= 0.6 is 11.7 Å². The Morgan fingerprint density at radius 1 is 2.00 bits per heavy atom. The number of carbonyl (C=O) groups excluding carboxylic acids is 1. The molecule has 1 rings (SSSR count). The molecule has 1 atom stereocenters. The highest BCUT2D eigenvalue weighted by atomic mass is 32.2. The van der Waals surface area contributed by atoms with Gasteiger partial charge in [-0.05, 0) is 11.5 Å². The lowest BCUT2D eigenvalue weighted by atomic mass is 10.5. The Morgan fingerprint density at radius 3 is 3.14 bits per heavy atom. The van der Waals surface area contributed by atoms with Gasteiger partial charge in [-0.15, -0.1) is 0 Å². The molecule has 0 aromatic heterocycles. The topological polar surface area (TPSA) is 17.1 Å². The predicted molar refractivity (Wildman–Crippen MR) is 33.7 cm³/mol. The number of hydrogen-bond acceptors (Lipinski definition) is 1. The molecule has 1 aliphatic heterocycles. The highest BCUT2D eigenvalue weighted by Crippen LogP contribution is 2.19. The Bertz CT molecular complexity index is 162. The maximum absolute atomic E-state index is 10.0. The normalized spacial score (nSPS) is 34.6. The zero-order valence-corrected chi connectivity index (χ0v) is 4.56. The lowest BCUT2D eigenvalue weighted by Crippen LogP contribution is -1.66. The van der Waals surface area contributed by atoms with E-state index in [1.54, 1.807) is 17.6 Å². The van der Waals surface area contributed by atoms with Crippen molar-refractivity contribution in [3.8, 4) is 0 Å². The van der Waals surface area contributed by atoms with Crippen LogP contribution in [-0.2, 0) is 4.79 Å². The van der Waals surface area contributed by atoms with E-state index in [1.165, 1.54) is 0 Å². The van der Waals surface area contributed by atoms with Gasteiger partial charge in [0.05, 0.1) is 1.12 Å². The maximum Gasteiger partial charge on any atom is 0.154 e. The molecule has 1 unspecified atom stereocenters. The first kappa shape index (κ1) is 3.50. The molecule has 1 aliphatic rings. The second kappa shape index (κ2) is 1.98. The van der Waals surface area contributed by atoms with Crippen molar-refractivity contribution in [2.45, 2.75) is 0 Å². The summed E-state index contributed by atoms with van der Waals surface area (Å²) in [6.07, 6.45) is 4.19. The summed E-state index contributed by atoms with van der Waals surface area (Å²) in [5.41, 5.74) is 0. The molecule has 0 spiro atoms. The van der Waals surface area contributed by atoms with Crippen molar-refractivity contribution in [1.82, 2.24) is 0 Å². The van der Waals surface area contributed by atoms with Crippen LogP contribution in [-0.4, -0.2) is 7.41 Å². The molecule has 0 aromatic carbocycles. The molecule has 0 aliphatic carbocycles. The Hall–Kier alpha value is -0.500. The van der Waals surface area contributed by atoms with Crippen LogP contribution < -0.4 is 0 Å². The Kier molecular flexibility index (Phi) is 0.989. The van der Waals surface area contributed by atoms with Crippen molar-refractivity contribution < 1.29 is 4.79 Å². The molecule has 0 saturated heterocycles. The number of carbonyl (C=O) groups is 1. The van der Waals surface area contributed by atoms with Gasteiger partial charge in [0.25, 0.3) is 0 Å². The fraction of sp³-hybridized carbons (Fsp3) is 0. The van der Waals surface area contributed by atoms with Crippen molar-refractivity contribution in [3.05, 3.63) is 22.5 Å². The highest BCUT2D eigenvalue weighted by Gasteiger charge is 1.90. The second-order valence-electron chi connectivity index (χ2n) is 1.18. The molecule has 0 radical (unpaired) electrons. The summed E-state index contributed by atoms with van der Waals surface area (Å²) in [6.45, 7) is 0. The van der Waals surface area contributed by atoms with Crippen LogP contribution in [0.5, 0.6) is 0 Å². The molecule has 0 N–H and O–H groups in total. The van der Waals surface area contributed by atoms with Crippen LogP contribution in [0, 0.1) is 0 Å². The molecule has 0 fully saturated rings. The fourth-order valence-electron chi connectivity index (χ4n) is 0.383. The molecule has 7 heavy (non-hydrogen) atoms. The molecule has 0 amide bonds. The van der Waals surface area contributed by atoms with E-state index in [9.17, 15) is 4.79 Å². The molecule has 0 bridgehead atoms. The van der Waals surface area contributed by atoms with E-state index in [0.29, 0.717) is 4.91 Å². The van der Waals surface area contributed by atoms with Crippen molar-refractivity contribution in [1.29, 1.82) is 1.12 Å². The van der Waals surface area contributed by atoms with Crippen molar-refractivity contribution in [3.63, 3.8) is 0 Å². The molecule has 1 heterocycles. The van der Waals surface area contributed by atoms with E-state index in [0.717, 1.165) is 6.29 Å². The Morgan fingerprint density at radius 2 is 2.86 bits per heavy atom. The van der Waals surface area contributed by atoms with Crippen LogP contribution in [0.4, 0.5) is 0 Å². The molecular weight excluding hydrogens is 108 g/mol. The minimum absolute atomic E-state index is 0.611. The van der Waals surface area contributed by atoms with Gasteiger partial charge in [0.2, 0.25) is 0 Å². The summed E-state index contributed by atoms with van der Waals surface area (Å²) < 4.78 is 7.17. The van der Waals surface area contributed by atoms with Gasteiger partial charge in [-0.25, -0.2) is 11.7 Å². The quantitative estimate of drug-likeness (QED) is 0.462. The lowest BCUT2D eigenvalue weighted by Gasteiger charge is -1.82. The number of rotatable bonds is 1. The van der Waals surface area contributed by atoms with Gasteiger partial charge in [-0.3, -0.25) is 4.79 Å². The average molecular weight is 115 g/mol. The molecule has 0 aromatic rings. The summed E-state index contributed by atoms with van der Waals surface area (Å²) in [6, 6.07) is 0. The average Bonchev–Trinajstić information content (AvgIpc) is 2.14. The molecule has 1 nitrogen and oxygen atoms in total. The zero-order chi connectivity index (χ0) is 5.98. The van der Waals surface area contributed by atoms with Crippen LogP contribution in [0.1, 0.15) is 0 Å². The molecule has 0 saturated carbocycles.